The molecule has 0 spiro atoms. The normalized spacial score (nSPS) is 12.0. The zero-order valence-corrected chi connectivity index (χ0v) is 26.7. The maximum absolute atomic E-state index is 13.9. The fourth-order valence-corrected chi connectivity index (χ4v) is 6.05. The second-order valence-corrected chi connectivity index (χ2v) is 13.0. The number of rotatable bonds is 14. The lowest BCUT2D eigenvalue weighted by Crippen LogP contribution is -2.50. The zero-order valence-electron chi connectivity index (χ0n) is 24.4. The SMILES string of the molecule is CCNS(=O)(=O)c1ccc(CCC(=O)N(Cc2ccc(Cl)cc2)[C@@H](Cc2ccccc2)C(=O)NCc2ccc(Cl)cc2)cc1. The van der Waals surface area contributed by atoms with Gasteiger partial charge in [0, 0.05) is 42.5 Å². The van der Waals surface area contributed by atoms with E-state index in [2.05, 4.69) is 10.0 Å². The van der Waals surface area contributed by atoms with Gasteiger partial charge in [-0.15, -0.1) is 0 Å². The highest BCUT2D eigenvalue weighted by molar-refractivity contribution is 7.89. The summed E-state index contributed by atoms with van der Waals surface area (Å²) < 4.78 is 27.1. The minimum Gasteiger partial charge on any atom is -0.350 e. The number of nitrogens with one attached hydrogen (secondary N) is 2. The largest absolute Gasteiger partial charge is 0.350 e. The van der Waals surface area contributed by atoms with Gasteiger partial charge in [0.1, 0.15) is 6.04 Å². The molecule has 0 aromatic heterocycles. The molecule has 2 amide bonds. The van der Waals surface area contributed by atoms with Crippen molar-refractivity contribution in [2.24, 2.45) is 0 Å². The molecule has 0 fully saturated rings. The number of hydrogen-bond acceptors (Lipinski definition) is 4. The molecule has 0 radical (unpaired) electrons. The molecule has 0 aliphatic rings. The summed E-state index contributed by atoms with van der Waals surface area (Å²) in [6.07, 6.45) is 0.828. The van der Waals surface area contributed by atoms with Gasteiger partial charge < -0.3 is 10.2 Å². The van der Waals surface area contributed by atoms with E-state index in [1.807, 2.05) is 54.6 Å². The van der Waals surface area contributed by atoms with Crippen LogP contribution in [-0.2, 0) is 45.5 Å². The first-order chi connectivity index (χ1) is 21.1. The van der Waals surface area contributed by atoms with E-state index in [-0.39, 0.29) is 36.2 Å². The van der Waals surface area contributed by atoms with Crippen LogP contribution in [0.2, 0.25) is 10.0 Å². The van der Waals surface area contributed by atoms with E-state index in [1.54, 1.807) is 48.2 Å². The number of hydrogen-bond donors (Lipinski definition) is 2. The van der Waals surface area contributed by atoms with Crippen molar-refractivity contribution in [2.45, 2.75) is 50.2 Å². The van der Waals surface area contributed by atoms with Crippen molar-refractivity contribution in [1.82, 2.24) is 14.9 Å². The summed E-state index contributed by atoms with van der Waals surface area (Å²) in [7, 11) is -3.57. The number of sulfonamides is 1. The Bertz CT molecular complexity index is 1630. The van der Waals surface area contributed by atoms with Crippen molar-refractivity contribution in [2.75, 3.05) is 6.54 Å². The van der Waals surface area contributed by atoms with Gasteiger partial charge in [-0.25, -0.2) is 13.1 Å². The summed E-state index contributed by atoms with van der Waals surface area (Å²) in [6, 6.07) is 29.7. The Kier molecular flexibility index (Phi) is 12.0. The van der Waals surface area contributed by atoms with E-state index in [0.29, 0.717) is 29.4 Å². The van der Waals surface area contributed by atoms with Crippen molar-refractivity contribution in [3.05, 3.63) is 135 Å². The lowest BCUT2D eigenvalue weighted by Gasteiger charge is -2.32. The first-order valence-corrected chi connectivity index (χ1v) is 16.6. The summed E-state index contributed by atoms with van der Waals surface area (Å²) in [4.78, 5) is 29.6. The molecule has 0 bridgehead atoms. The third-order valence-corrected chi connectivity index (χ3v) is 9.18. The van der Waals surface area contributed by atoms with Gasteiger partial charge in [0.2, 0.25) is 21.8 Å². The van der Waals surface area contributed by atoms with Crippen LogP contribution < -0.4 is 10.0 Å². The number of carbonyl (C=O) groups is 2. The van der Waals surface area contributed by atoms with Crippen molar-refractivity contribution >= 4 is 45.0 Å². The van der Waals surface area contributed by atoms with Crippen molar-refractivity contribution in [1.29, 1.82) is 0 Å². The van der Waals surface area contributed by atoms with Crippen LogP contribution in [-0.4, -0.2) is 37.7 Å². The van der Waals surface area contributed by atoms with Crippen LogP contribution in [0.3, 0.4) is 0 Å². The van der Waals surface area contributed by atoms with Crippen LogP contribution in [0.25, 0.3) is 0 Å². The molecule has 0 unspecified atom stereocenters. The Labute approximate surface area is 269 Å². The highest BCUT2D eigenvalue weighted by Gasteiger charge is 2.30. The van der Waals surface area contributed by atoms with Crippen LogP contribution in [0.1, 0.15) is 35.6 Å². The average Bonchev–Trinajstić information content (AvgIpc) is 3.02. The summed E-state index contributed by atoms with van der Waals surface area (Å²) >= 11 is 12.1. The third kappa shape index (κ3) is 9.66. The monoisotopic (exact) mass is 651 g/mol. The molecule has 1 atom stereocenters. The Hall–Kier alpha value is -3.69. The predicted octanol–water partition coefficient (Wildman–Crippen LogP) is 6.18. The zero-order chi connectivity index (χ0) is 31.5. The van der Waals surface area contributed by atoms with Gasteiger partial charge in [-0.05, 0) is 65.1 Å². The molecule has 0 heterocycles. The van der Waals surface area contributed by atoms with Gasteiger partial charge in [0.15, 0.2) is 0 Å². The van der Waals surface area contributed by atoms with Gasteiger partial charge in [0.05, 0.1) is 4.90 Å². The second-order valence-electron chi connectivity index (χ2n) is 10.3. The van der Waals surface area contributed by atoms with Gasteiger partial charge in [-0.2, -0.15) is 0 Å². The third-order valence-electron chi connectivity index (χ3n) is 7.11. The maximum Gasteiger partial charge on any atom is 0.243 e. The Balaban J connectivity index is 1.58. The van der Waals surface area contributed by atoms with E-state index >= 15 is 0 Å². The van der Waals surface area contributed by atoms with Crippen LogP contribution in [0.4, 0.5) is 0 Å². The minimum absolute atomic E-state index is 0.128. The fourth-order valence-electron chi connectivity index (χ4n) is 4.75. The minimum atomic E-state index is -3.57. The van der Waals surface area contributed by atoms with Crippen molar-refractivity contribution in [3.63, 3.8) is 0 Å². The molecule has 4 rings (SSSR count). The smallest absolute Gasteiger partial charge is 0.243 e. The molecule has 44 heavy (non-hydrogen) atoms. The summed E-state index contributed by atoms with van der Waals surface area (Å²) in [6.45, 7) is 2.50. The van der Waals surface area contributed by atoms with Crippen molar-refractivity contribution < 1.29 is 18.0 Å². The van der Waals surface area contributed by atoms with E-state index < -0.39 is 16.1 Å². The standard InChI is InChI=1S/C34H35Cl2N3O4S/c1-2-38-44(42,43)31-19-12-25(13-20-31)14-21-33(40)39(24-28-10-17-30(36)18-11-28)32(22-26-6-4-3-5-7-26)34(41)37-23-27-8-15-29(35)16-9-27/h3-13,15-20,32,38H,2,14,21-24H2,1H3,(H,37,41)/t32-/m0/s1. The highest BCUT2D eigenvalue weighted by Crippen LogP contribution is 2.19. The molecule has 2 N–H and O–H groups in total. The predicted molar refractivity (Wildman–Crippen MR) is 175 cm³/mol. The van der Waals surface area contributed by atoms with E-state index in [0.717, 1.165) is 22.3 Å². The molecular weight excluding hydrogens is 617 g/mol. The summed E-state index contributed by atoms with van der Waals surface area (Å²) in [5.41, 5.74) is 3.46. The first-order valence-electron chi connectivity index (χ1n) is 14.3. The molecule has 0 saturated carbocycles. The highest BCUT2D eigenvalue weighted by atomic mass is 35.5. The first kappa shape index (κ1) is 33.2. The molecule has 0 saturated heterocycles. The van der Waals surface area contributed by atoms with Gasteiger partial charge in [-0.3, -0.25) is 9.59 Å². The topological polar surface area (TPSA) is 95.6 Å². The average molecular weight is 653 g/mol. The van der Waals surface area contributed by atoms with Crippen LogP contribution in [0.15, 0.2) is 108 Å². The van der Waals surface area contributed by atoms with Gasteiger partial charge in [0.25, 0.3) is 0 Å². The van der Waals surface area contributed by atoms with Crippen LogP contribution >= 0.6 is 23.2 Å². The molecule has 10 heteroatoms. The molecule has 4 aromatic rings. The van der Waals surface area contributed by atoms with Crippen molar-refractivity contribution in [3.8, 4) is 0 Å². The molecule has 230 valence electrons. The maximum atomic E-state index is 13.9. The summed E-state index contributed by atoms with van der Waals surface area (Å²) in [5.74, 6) is -0.476. The number of benzene rings is 4. The number of halogens is 2. The second kappa shape index (κ2) is 15.9. The number of aryl methyl sites for hydroxylation is 1. The molecule has 0 aliphatic heterocycles. The van der Waals surface area contributed by atoms with E-state index in [9.17, 15) is 18.0 Å². The number of carbonyl (C=O) groups excluding carboxylic acids is 2. The lowest BCUT2D eigenvalue weighted by molar-refractivity contribution is -0.141. The molecular formula is C34H35Cl2N3O4S. The number of amides is 2. The van der Waals surface area contributed by atoms with Gasteiger partial charge in [-0.1, -0.05) is 96.9 Å². The molecule has 4 aromatic carbocycles. The molecule has 0 aliphatic carbocycles. The lowest BCUT2D eigenvalue weighted by atomic mass is 10.0. The Morgan fingerprint density at radius 1 is 0.750 bits per heavy atom. The quantitative estimate of drug-likeness (QED) is 0.170. The van der Waals surface area contributed by atoms with Gasteiger partial charge >= 0.3 is 0 Å². The Morgan fingerprint density at radius 2 is 1.32 bits per heavy atom. The van der Waals surface area contributed by atoms with Crippen LogP contribution in [0, 0.1) is 0 Å². The number of nitrogens with zero attached hydrogens (tertiary/aromatic N) is 1. The summed E-state index contributed by atoms with van der Waals surface area (Å²) in [5, 5.41) is 4.20. The van der Waals surface area contributed by atoms with E-state index in [1.165, 1.54) is 12.1 Å². The van der Waals surface area contributed by atoms with E-state index in [4.69, 9.17) is 23.2 Å². The van der Waals surface area contributed by atoms with Crippen LogP contribution in [0.5, 0.6) is 0 Å². The fraction of sp³-hybridized carbons (Fsp3) is 0.235. The molecule has 7 nitrogen and oxygen atoms in total. The Morgan fingerprint density at radius 3 is 1.91 bits per heavy atom.